The molecule has 138 valence electrons. The second-order valence-electron chi connectivity index (χ2n) is 6.58. The van der Waals surface area contributed by atoms with Gasteiger partial charge in [-0.15, -0.1) is 0 Å². The first-order valence-electron chi connectivity index (χ1n) is 9.16. The van der Waals surface area contributed by atoms with Crippen LogP contribution in [-0.2, 0) is 17.6 Å². The molecule has 1 aromatic rings. The van der Waals surface area contributed by atoms with E-state index in [4.69, 9.17) is 5.73 Å². The van der Waals surface area contributed by atoms with E-state index < -0.39 is 0 Å². The highest BCUT2D eigenvalue weighted by Gasteiger charge is 2.20. The Morgan fingerprint density at radius 3 is 2.44 bits per heavy atom. The molecule has 0 aliphatic carbocycles. The molecule has 0 atom stereocenters. The number of hydrogen-bond donors (Lipinski definition) is 3. The molecule has 1 aromatic carbocycles. The summed E-state index contributed by atoms with van der Waals surface area (Å²) in [5.41, 5.74) is 7.96. The summed E-state index contributed by atoms with van der Waals surface area (Å²) >= 11 is 0. The highest BCUT2D eigenvalue weighted by molar-refractivity contribution is 5.80. The van der Waals surface area contributed by atoms with E-state index in [1.165, 1.54) is 11.1 Å². The molecule has 25 heavy (non-hydrogen) atoms. The fraction of sp³-hybridized carbons (Fsp3) is 0.579. The van der Waals surface area contributed by atoms with Crippen molar-refractivity contribution in [1.82, 2.24) is 15.5 Å². The number of amides is 1. The van der Waals surface area contributed by atoms with Crippen molar-refractivity contribution in [3.63, 3.8) is 0 Å². The lowest BCUT2D eigenvalue weighted by Gasteiger charge is -2.32. The number of likely N-dealkylation sites (tertiary alicyclic amines) is 1. The van der Waals surface area contributed by atoms with Gasteiger partial charge in [0.15, 0.2) is 5.96 Å². The van der Waals surface area contributed by atoms with Gasteiger partial charge in [-0.2, -0.15) is 0 Å². The normalized spacial score (nSPS) is 16.6. The van der Waals surface area contributed by atoms with Crippen molar-refractivity contribution >= 4 is 11.9 Å². The summed E-state index contributed by atoms with van der Waals surface area (Å²) in [5, 5.41) is 6.87. The van der Waals surface area contributed by atoms with E-state index in [9.17, 15) is 4.79 Å². The third-order valence-corrected chi connectivity index (χ3v) is 4.67. The SMILES string of the molecule is CCc1ccc(CCNC(=NC)NC2CCN(CC(N)=O)CC2)cc1. The number of benzene rings is 1. The lowest BCUT2D eigenvalue weighted by atomic mass is 10.1. The Hall–Kier alpha value is -2.08. The first kappa shape index (κ1) is 19.2. The number of hydrogen-bond acceptors (Lipinski definition) is 3. The van der Waals surface area contributed by atoms with Crippen LogP contribution in [0, 0.1) is 0 Å². The zero-order valence-electron chi connectivity index (χ0n) is 15.4. The van der Waals surface area contributed by atoms with Crippen molar-refractivity contribution in [1.29, 1.82) is 0 Å². The van der Waals surface area contributed by atoms with Crippen LogP contribution in [-0.4, -0.2) is 56.0 Å². The lowest BCUT2D eigenvalue weighted by molar-refractivity contribution is -0.119. The number of piperidine rings is 1. The molecule has 1 aliphatic rings. The molecule has 1 amide bonds. The Morgan fingerprint density at radius 1 is 1.24 bits per heavy atom. The van der Waals surface area contributed by atoms with Gasteiger partial charge >= 0.3 is 0 Å². The molecule has 2 rings (SSSR count). The Kier molecular flexibility index (Phi) is 7.73. The number of primary amides is 1. The largest absolute Gasteiger partial charge is 0.369 e. The molecule has 6 nitrogen and oxygen atoms in total. The second-order valence-corrected chi connectivity index (χ2v) is 6.58. The summed E-state index contributed by atoms with van der Waals surface area (Å²) in [4.78, 5) is 17.4. The number of nitrogens with one attached hydrogen (secondary N) is 2. The smallest absolute Gasteiger partial charge is 0.231 e. The minimum atomic E-state index is -0.254. The number of guanidine groups is 1. The second kappa shape index (κ2) is 10.0. The lowest BCUT2D eigenvalue weighted by Crippen LogP contribution is -2.50. The Morgan fingerprint density at radius 2 is 1.88 bits per heavy atom. The summed E-state index contributed by atoms with van der Waals surface area (Å²) in [6.07, 6.45) is 4.04. The zero-order valence-corrected chi connectivity index (χ0v) is 15.4. The Bertz CT molecular complexity index is 562. The van der Waals surface area contributed by atoms with Crippen molar-refractivity contribution in [2.45, 2.75) is 38.6 Å². The number of carbonyl (C=O) groups is 1. The molecule has 0 aromatic heterocycles. The van der Waals surface area contributed by atoms with E-state index in [2.05, 4.69) is 51.7 Å². The van der Waals surface area contributed by atoms with E-state index >= 15 is 0 Å². The van der Waals surface area contributed by atoms with Gasteiger partial charge in [0.05, 0.1) is 6.54 Å². The number of nitrogens with two attached hydrogens (primary N) is 1. The first-order valence-corrected chi connectivity index (χ1v) is 9.16. The summed E-state index contributed by atoms with van der Waals surface area (Å²) in [6, 6.07) is 9.18. The summed E-state index contributed by atoms with van der Waals surface area (Å²) in [5.74, 6) is 0.592. The van der Waals surface area contributed by atoms with Crippen molar-refractivity contribution in [3.05, 3.63) is 35.4 Å². The molecule has 4 N–H and O–H groups in total. The highest BCUT2D eigenvalue weighted by Crippen LogP contribution is 2.09. The van der Waals surface area contributed by atoms with Crippen LogP contribution in [0.4, 0.5) is 0 Å². The maximum Gasteiger partial charge on any atom is 0.231 e. The number of nitrogens with zero attached hydrogens (tertiary/aromatic N) is 2. The van der Waals surface area contributed by atoms with Crippen LogP contribution in [0.1, 0.15) is 30.9 Å². The average molecular weight is 345 g/mol. The molecule has 1 fully saturated rings. The van der Waals surface area contributed by atoms with E-state index in [0.29, 0.717) is 12.6 Å². The van der Waals surface area contributed by atoms with Gasteiger partial charge in [-0.1, -0.05) is 31.2 Å². The van der Waals surface area contributed by atoms with Crippen LogP contribution in [0.2, 0.25) is 0 Å². The van der Waals surface area contributed by atoms with Crippen LogP contribution >= 0.6 is 0 Å². The Balaban J connectivity index is 1.69. The molecule has 0 saturated carbocycles. The summed E-state index contributed by atoms with van der Waals surface area (Å²) in [6.45, 7) is 5.16. The van der Waals surface area contributed by atoms with Crippen LogP contribution in [0.5, 0.6) is 0 Å². The molecular formula is C19H31N5O. The van der Waals surface area contributed by atoms with E-state index in [-0.39, 0.29) is 5.91 Å². The minimum Gasteiger partial charge on any atom is -0.369 e. The van der Waals surface area contributed by atoms with Crippen molar-refractivity contribution in [2.24, 2.45) is 10.7 Å². The molecular weight excluding hydrogens is 314 g/mol. The number of aliphatic imine (C=N–C) groups is 1. The predicted molar refractivity (Wildman–Crippen MR) is 103 cm³/mol. The molecule has 0 spiro atoms. The number of rotatable bonds is 7. The van der Waals surface area contributed by atoms with Gasteiger partial charge in [-0.25, -0.2) is 0 Å². The molecule has 1 heterocycles. The maximum absolute atomic E-state index is 11.0. The van der Waals surface area contributed by atoms with Crippen molar-refractivity contribution in [3.8, 4) is 0 Å². The standard InChI is InChI=1S/C19H31N5O/c1-3-15-4-6-16(7-5-15)8-11-22-19(21-2)23-17-9-12-24(13-10-17)14-18(20)25/h4-7,17H,3,8-14H2,1-2H3,(H2,20,25)(H2,21,22,23). The first-order chi connectivity index (χ1) is 12.1. The van der Waals surface area contributed by atoms with Crippen LogP contribution < -0.4 is 16.4 Å². The molecule has 6 heteroatoms. The van der Waals surface area contributed by atoms with Gasteiger partial charge in [-0.05, 0) is 36.8 Å². The summed E-state index contributed by atoms with van der Waals surface area (Å²) in [7, 11) is 1.80. The average Bonchev–Trinajstić information content (AvgIpc) is 2.62. The third kappa shape index (κ3) is 6.74. The summed E-state index contributed by atoms with van der Waals surface area (Å²) < 4.78 is 0. The van der Waals surface area contributed by atoms with Gasteiger partial charge in [0, 0.05) is 32.7 Å². The van der Waals surface area contributed by atoms with Crippen LogP contribution in [0.3, 0.4) is 0 Å². The molecule has 1 aliphatic heterocycles. The zero-order chi connectivity index (χ0) is 18.1. The van der Waals surface area contributed by atoms with Crippen LogP contribution in [0.15, 0.2) is 29.3 Å². The minimum absolute atomic E-state index is 0.254. The molecule has 0 bridgehead atoms. The molecule has 0 radical (unpaired) electrons. The highest BCUT2D eigenvalue weighted by atomic mass is 16.1. The number of carbonyl (C=O) groups excluding carboxylic acids is 1. The van der Waals surface area contributed by atoms with Crippen molar-refractivity contribution < 1.29 is 4.79 Å². The van der Waals surface area contributed by atoms with Gasteiger partial charge < -0.3 is 16.4 Å². The molecule has 1 saturated heterocycles. The van der Waals surface area contributed by atoms with Gasteiger partial charge in [0.1, 0.15) is 0 Å². The number of aryl methyl sites for hydroxylation is 1. The fourth-order valence-electron chi connectivity index (χ4n) is 3.11. The monoisotopic (exact) mass is 345 g/mol. The fourth-order valence-corrected chi connectivity index (χ4v) is 3.11. The van der Waals surface area contributed by atoms with Crippen LogP contribution in [0.25, 0.3) is 0 Å². The quantitative estimate of drug-likeness (QED) is 0.507. The predicted octanol–water partition coefficient (Wildman–Crippen LogP) is 0.906. The van der Waals surface area contributed by atoms with Gasteiger partial charge in [0.2, 0.25) is 5.91 Å². The third-order valence-electron chi connectivity index (χ3n) is 4.67. The topological polar surface area (TPSA) is 82.8 Å². The van der Waals surface area contributed by atoms with E-state index in [0.717, 1.165) is 51.3 Å². The molecule has 0 unspecified atom stereocenters. The Labute approximate surface area is 150 Å². The van der Waals surface area contributed by atoms with Gasteiger partial charge in [-0.3, -0.25) is 14.7 Å². The van der Waals surface area contributed by atoms with E-state index in [1.807, 2.05) is 0 Å². The van der Waals surface area contributed by atoms with Crippen molar-refractivity contribution in [2.75, 3.05) is 33.2 Å². The van der Waals surface area contributed by atoms with Gasteiger partial charge in [0.25, 0.3) is 0 Å². The maximum atomic E-state index is 11.0. The van der Waals surface area contributed by atoms with E-state index in [1.54, 1.807) is 7.05 Å².